The molecule has 1 aliphatic heterocycles. The molecule has 1 aromatic carbocycles. The Kier molecular flexibility index (Phi) is 6.32. The molecule has 3 rings (SSSR count). The topological polar surface area (TPSA) is 79.0 Å². The van der Waals surface area contributed by atoms with Crippen LogP contribution in [-0.4, -0.2) is 59.8 Å². The summed E-state index contributed by atoms with van der Waals surface area (Å²) in [5.41, 5.74) is 0.628. The second kappa shape index (κ2) is 8.88. The summed E-state index contributed by atoms with van der Waals surface area (Å²) in [7, 11) is 0. The number of hydrogen-bond donors (Lipinski definition) is 1. The molecule has 1 aliphatic carbocycles. The highest BCUT2D eigenvalue weighted by molar-refractivity contribution is 6.35. The van der Waals surface area contributed by atoms with Crippen LogP contribution < -0.4 is 10.1 Å². The van der Waals surface area contributed by atoms with Gasteiger partial charge < -0.3 is 19.9 Å². The number of carbonyl (C=O) groups is 3. The highest BCUT2D eigenvalue weighted by Crippen LogP contribution is 2.24. The van der Waals surface area contributed by atoms with E-state index in [4.69, 9.17) is 4.74 Å². The van der Waals surface area contributed by atoms with Crippen molar-refractivity contribution in [3.63, 3.8) is 0 Å². The minimum absolute atomic E-state index is 0.115. The number of benzene rings is 1. The average molecular weight is 373 g/mol. The molecule has 0 unspecified atom stereocenters. The monoisotopic (exact) mass is 373 g/mol. The van der Waals surface area contributed by atoms with E-state index < -0.39 is 11.8 Å². The SMILES string of the molecule is CCOc1ccc(NC(=O)CN2CCN(C3CCCCC3)C(=O)C2=O)cc1. The normalized spacial score (nSPS) is 18.6. The Hall–Kier alpha value is -2.57. The Morgan fingerprint density at radius 1 is 1.07 bits per heavy atom. The van der Waals surface area contributed by atoms with Crippen molar-refractivity contribution >= 4 is 23.4 Å². The van der Waals surface area contributed by atoms with Gasteiger partial charge in [0.15, 0.2) is 0 Å². The molecule has 0 atom stereocenters. The van der Waals surface area contributed by atoms with Crippen LogP contribution in [0.4, 0.5) is 5.69 Å². The molecule has 146 valence electrons. The van der Waals surface area contributed by atoms with Crippen molar-refractivity contribution in [1.29, 1.82) is 0 Å². The van der Waals surface area contributed by atoms with E-state index in [9.17, 15) is 14.4 Å². The summed E-state index contributed by atoms with van der Waals surface area (Å²) in [6.07, 6.45) is 5.35. The fraction of sp³-hybridized carbons (Fsp3) is 0.550. The van der Waals surface area contributed by atoms with Crippen LogP contribution in [-0.2, 0) is 14.4 Å². The number of amides is 3. The highest BCUT2D eigenvalue weighted by Gasteiger charge is 2.37. The Bertz CT molecular complexity index is 683. The summed E-state index contributed by atoms with van der Waals surface area (Å²) in [5.74, 6) is -0.628. The fourth-order valence-electron chi connectivity index (χ4n) is 3.76. The average Bonchev–Trinajstić information content (AvgIpc) is 2.68. The molecule has 0 radical (unpaired) electrons. The van der Waals surface area contributed by atoms with Gasteiger partial charge in [-0.05, 0) is 44.0 Å². The third kappa shape index (κ3) is 4.78. The zero-order valence-electron chi connectivity index (χ0n) is 15.8. The Labute approximate surface area is 159 Å². The van der Waals surface area contributed by atoms with Gasteiger partial charge in [0.25, 0.3) is 0 Å². The molecular weight excluding hydrogens is 346 g/mol. The van der Waals surface area contributed by atoms with Crippen LogP contribution in [0.1, 0.15) is 39.0 Å². The van der Waals surface area contributed by atoms with Crippen molar-refractivity contribution in [1.82, 2.24) is 9.80 Å². The number of nitrogens with zero attached hydrogens (tertiary/aromatic N) is 2. The molecule has 7 heteroatoms. The lowest BCUT2D eigenvalue weighted by molar-refractivity contribution is -0.158. The lowest BCUT2D eigenvalue weighted by Crippen LogP contribution is -2.58. The number of piperazine rings is 1. The van der Waals surface area contributed by atoms with Crippen molar-refractivity contribution < 1.29 is 19.1 Å². The summed E-state index contributed by atoms with van der Waals surface area (Å²) in [5, 5.41) is 2.76. The van der Waals surface area contributed by atoms with Gasteiger partial charge in [0.05, 0.1) is 6.61 Å². The van der Waals surface area contributed by atoms with E-state index in [0.717, 1.165) is 31.4 Å². The zero-order valence-corrected chi connectivity index (χ0v) is 15.8. The summed E-state index contributed by atoms with van der Waals surface area (Å²) in [4.78, 5) is 40.2. The Morgan fingerprint density at radius 2 is 1.78 bits per heavy atom. The molecule has 1 N–H and O–H groups in total. The van der Waals surface area contributed by atoms with E-state index in [2.05, 4.69) is 5.32 Å². The van der Waals surface area contributed by atoms with Crippen molar-refractivity contribution in [2.75, 3.05) is 31.6 Å². The van der Waals surface area contributed by atoms with E-state index in [1.54, 1.807) is 29.2 Å². The highest BCUT2D eigenvalue weighted by atomic mass is 16.5. The van der Waals surface area contributed by atoms with Gasteiger partial charge >= 0.3 is 11.8 Å². The van der Waals surface area contributed by atoms with Gasteiger partial charge in [-0.1, -0.05) is 19.3 Å². The molecule has 1 saturated carbocycles. The standard InChI is InChI=1S/C20H27N3O4/c1-2-27-17-10-8-15(9-11-17)21-18(24)14-22-12-13-23(20(26)19(22)25)16-6-4-3-5-7-16/h8-11,16H,2-7,12-14H2,1H3,(H,21,24). The number of carbonyl (C=O) groups excluding carboxylic acids is 3. The largest absolute Gasteiger partial charge is 0.494 e. The van der Waals surface area contributed by atoms with Crippen LogP contribution in [0.5, 0.6) is 5.75 Å². The maximum atomic E-state index is 12.5. The van der Waals surface area contributed by atoms with Gasteiger partial charge in [0.1, 0.15) is 12.3 Å². The number of rotatable bonds is 6. The molecular formula is C20H27N3O4. The molecule has 3 amide bonds. The molecule has 1 aromatic rings. The molecule has 0 spiro atoms. The first-order valence-corrected chi connectivity index (χ1v) is 9.71. The van der Waals surface area contributed by atoms with Gasteiger partial charge in [-0.25, -0.2) is 0 Å². The third-order valence-corrected chi connectivity index (χ3v) is 5.14. The number of anilines is 1. The van der Waals surface area contributed by atoms with E-state index >= 15 is 0 Å². The maximum Gasteiger partial charge on any atom is 0.312 e. The Balaban J connectivity index is 1.52. The van der Waals surface area contributed by atoms with Gasteiger partial charge in [-0.2, -0.15) is 0 Å². The van der Waals surface area contributed by atoms with Crippen LogP contribution in [0, 0.1) is 0 Å². The van der Waals surface area contributed by atoms with Gasteiger partial charge in [0.2, 0.25) is 5.91 Å². The predicted octanol–water partition coefficient (Wildman–Crippen LogP) is 2.03. The predicted molar refractivity (Wildman–Crippen MR) is 101 cm³/mol. The van der Waals surface area contributed by atoms with Crippen LogP contribution in [0.15, 0.2) is 24.3 Å². The van der Waals surface area contributed by atoms with Gasteiger partial charge in [-0.15, -0.1) is 0 Å². The molecule has 0 bridgehead atoms. The molecule has 2 fully saturated rings. The van der Waals surface area contributed by atoms with E-state index in [-0.39, 0.29) is 18.5 Å². The Morgan fingerprint density at radius 3 is 2.44 bits per heavy atom. The molecule has 0 aromatic heterocycles. The second-order valence-corrected chi connectivity index (χ2v) is 7.02. The molecule has 2 aliphatic rings. The van der Waals surface area contributed by atoms with E-state index in [1.165, 1.54) is 11.3 Å². The van der Waals surface area contributed by atoms with Crippen molar-refractivity contribution in [3.05, 3.63) is 24.3 Å². The van der Waals surface area contributed by atoms with Crippen molar-refractivity contribution in [3.8, 4) is 5.75 Å². The zero-order chi connectivity index (χ0) is 19.2. The van der Waals surface area contributed by atoms with Crippen molar-refractivity contribution in [2.24, 2.45) is 0 Å². The summed E-state index contributed by atoms with van der Waals surface area (Å²) in [6.45, 7) is 3.27. The number of ether oxygens (including phenoxy) is 1. The summed E-state index contributed by atoms with van der Waals surface area (Å²) < 4.78 is 5.37. The van der Waals surface area contributed by atoms with Gasteiger partial charge in [-0.3, -0.25) is 14.4 Å². The first-order chi connectivity index (χ1) is 13.1. The first kappa shape index (κ1) is 19.2. The molecule has 1 saturated heterocycles. The van der Waals surface area contributed by atoms with E-state index in [0.29, 0.717) is 25.4 Å². The van der Waals surface area contributed by atoms with Crippen molar-refractivity contribution in [2.45, 2.75) is 45.1 Å². The van der Waals surface area contributed by atoms with Crippen LogP contribution in [0.2, 0.25) is 0 Å². The second-order valence-electron chi connectivity index (χ2n) is 7.02. The summed E-state index contributed by atoms with van der Waals surface area (Å²) >= 11 is 0. The quantitative estimate of drug-likeness (QED) is 0.774. The smallest absolute Gasteiger partial charge is 0.312 e. The minimum Gasteiger partial charge on any atom is -0.494 e. The fourth-order valence-corrected chi connectivity index (χ4v) is 3.76. The first-order valence-electron chi connectivity index (χ1n) is 9.71. The minimum atomic E-state index is -0.575. The summed E-state index contributed by atoms with van der Waals surface area (Å²) in [6, 6.07) is 7.22. The third-order valence-electron chi connectivity index (χ3n) is 5.14. The molecule has 7 nitrogen and oxygen atoms in total. The lowest BCUT2D eigenvalue weighted by Gasteiger charge is -2.39. The molecule has 1 heterocycles. The lowest BCUT2D eigenvalue weighted by atomic mass is 9.93. The van der Waals surface area contributed by atoms with E-state index in [1.807, 2.05) is 6.92 Å². The maximum absolute atomic E-state index is 12.5. The number of nitrogens with one attached hydrogen (secondary N) is 1. The van der Waals surface area contributed by atoms with Gasteiger partial charge in [0, 0.05) is 24.8 Å². The number of hydrogen-bond acceptors (Lipinski definition) is 4. The van der Waals surface area contributed by atoms with Crippen LogP contribution in [0.3, 0.4) is 0 Å². The van der Waals surface area contributed by atoms with Crippen LogP contribution >= 0.6 is 0 Å². The molecule has 27 heavy (non-hydrogen) atoms. The van der Waals surface area contributed by atoms with Crippen LogP contribution in [0.25, 0.3) is 0 Å².